The number of hydrazine groups is 1. The molecule has 2 aromatic carbocycles. The summed E-state index contributed by atoms with van der Waals surface area (Å²) in [6.07, 6.45) is 0.789. The zero-order chi connectivity index (χ0) is 20.1. The number of hydrogen-bond donors (Lipinski definition) is 2. The van der Waals surface area contributed by atoms with Gasteiger partial charge in [0.15, 0.2) is 0 Å². The van der Waals surface area contributed by atoms with Crippen LogP contribution in [-0.4, -0.2) is 38.9 Å². The Morgan fingerprint density at radius 1 is 1.03 bits per heavy atom. The van der Waals surface area contributed by atoms with Gasteiger partial charge in [0.25, 0.3) is 0 Å². The van der Waals surface area contributed by atoms with Gasteiger partial charge in [-0.25, -0.2) is 19.0 Å². The normalized spacial score (nSPS) is 14.1. The fraction of sp³-hybridized carbons (Fsp3) is 0.381. The molecule has 0 aliphatic carbocycles. The number of aliphatic imine (C=N–C) groups is 1. The van der Waals surface area contributed by atoms with Crippen LogP contribution in [0, 0.1) is 5.92 Å². The van der Waals surface area contributed by atoms with Crippen molar-refractivity contribution in [2.45, 2.75) is 26.0 Å². The summed E-state index contributed by atoms with van der Waals surface area (Å²) < 4.78 is 26.9. The molecule has 29 heavy (non-hydrogen) atoms. The molecule has 0 atom stereocenters. The fourth-order valence-corrected chi connectivity index (χ4v) is 4.36. The number of rotatable bonds is 8. The van der Waals surface area contributed by atoms with E-state index in [4.69, 9.17) is 5.84 Å². The summed E-state index contributed by atoms with van der Waals surface area (Å²) in [6.45, 7) is 5.92. The quantitative estimate of drug-likeness (QED) is 0.623. The number of amidine groups is 1. The minimum absolute atomic E-state index is 0. The molecule has 3 N–H and O–H groups in total. The van der Waals surface area contributed by atoms with E-state index >= 15 is 0 Å². The van der Waals surface area contributed by atoms with Crippen LogP contribution in [0.3, 0.4) is 0 Å². The van der Waals surface area contributed by atoms with E-state index < -0.39 is 10.0 Å². The second-order valence-corrected chi connectivity index (χ2v) is 9.40. The molecule has 1 aliphatic rings. The zero-order valence-electron chi connectivity index (χ0n) is 16.8. The Morgan fingerprint density at radius 3 is 2.10 bits per heavy atom. The van der Waals surface area contributed by atoms with Crippen molar-refractivity contribution < 1.29 is 8.42 Å². The predicted octanol–water partition coefficient (Wildman–Crippen LogP) is 2.71. The number of hydrogen-bond acceptors (Lipinski definition) is 5. The van der Waals surface area contributed by atoms with Crippen LogP contribution in [0.5, 0.6) is 0 Å². The molecule has 0 aromatic heterocycles. The summed E-state index contributed by atoms with van der Waals surface area (Å²) in [5.74, 6) is 7.05. The summed E-state index contributed by atoms with van der Waals surface area (Å²) in [7, 11) is -3.29. The van der Waals surface area contributed by atoms with Crippen molar-refractivity contribution in [2.75, 3.05) is 19.6 Å². The molecular formula is C21H29ClN4O2S. The van der Waals surface area contributed by atoms with E-state index in [0.717, 1.165) is 42.0 Å². The highest BCUT2D eigenvalue weighted by Gasteiger charge is 2.15. The Balaban J connectivity index is 0.00000300. The van der Waals surface area contributed by atoms with Gasteiger partial charge in [-0.3, -0.25) is 10.0 Å². The van der Waals surface area contributed by atoms with Crippen LogP contribution in [-0.2, 0) is 22.2 Å². The minimum atomic E-state index is -3.29. The Morgan fingerprint density at radius 2 is 1.59 bits per heavy atom. The van der Waals surface area contributed by atoms with E-state index in [9.17, 15) is 8.42 Å². The van der Waals surface area contributed by atoms with E-state index in [0.29, 0.717) is 6.54 Å². The van der Waals surface area contributed by atoms with Crippen molar-refractivity contribution in [2.24, 2.45) is 16.8 Å². The zero-order valence-corrected chi connectivity index (χ0v) is 18.5. The number of nitrogens with zero attached hydrogens (tertiary/aromatic N) is 2. The van der Waals surface area contributed by atoms with Crippen LogP contribution < -0.4 is 10.6 Å². The molecule has 0 saturated carbocycles. The van der Waals surface area contributed by atoms with Crippen molar-refractivity contribution >= 4 is 28.3 Å². The van der Waals surface area contributed by atoms with E-state index in [-0.39, 0.29) is 24.1 Å². The van der Waals surface area contributed by atoms with Crippen molar-refractivity contribution in [3.05, 3.63) is 70.8 Å². The van der Waals surface area contributed by atoms with Crippen LogP contribution in [0.15, 0.2) is 53.5 Å². The number of halogens is 1. The first-order chi connectivity index (χ1) is 13.3. The molecule has 0 bridgehead atoms. The summed E-state index contributed by atoms with van der Waals surface area (Å²) in [5, 5.41) is 1.68. The highest BCUT2D eigenvalue weighted by Crippen LogP contribution is 2.15. The lowest BCUT2D eigenvalue weighted by atomic mass is 10.0. The molecule has 0 amide bonds. The van der Waals surface area contributed by atoms with Gasteiger partial charge in [-0.15, -0.1) is 12.4 Å². The summed E-state index contributed by atoms with van der Waals surface area (Å²) in [4.78, 5) is 4.43. The highest BCUT2D eigenvalue weighted by molar-refractivity contribution is 7.88. The van der Waals surface area contributed by atoms with Crippen LogP contribution in [0.1, 0.15) is 36.1 Å². The van der Waals surface area contributed by atoms with Gasteiger partial charge in [0.05, 0.1) is 18.8 Å². The van der Waals surface area contributed by atoms with Gasteiger partial charge in [-0.1, -0.05) is 62.4 Å². The van der Waals surface area contributed by atoms with Gasteiger partial charge >= 0.3 is 0 Å². The molecule has 3 rings (SSSR count). The number of nitrogens with two attached hydrogens (primary N) is 1. The maximum atomic E-state index is 12.1. The van der Waals surface area contributed by atoms with Crippen molar-refractivity contribution in [1.29, 1.82) is 0 Å². The van der Waals surface area contributed by atoms with Gasteiger partial charge in [-0.05, 0) is 29.0 Å². The van der Waals surface area contributed by atoms with Gasteiger partial charge in [-0.2, -0.15) is 0 Å². The minimum Gasteiger partial charge on any atom is -0.293 e. The molecule has 2 aromatic rings. The first-order valence-corrected chi connectivity index (χ1v) is 11.2. The van der Waals surface area contributed by atoms with Crippen molar-refractivity contribution in [3.8, 4) is 0 Å². The van der Waals surface area contributed by atoms with Crippen LogP contribution in [0.2, 0.25) is 0 Å². The summed E-state index contributed by atoms with van der Waals surface area (Å²) >= 11 is 0. The average Bonchev–Trinajstić information content (AvgIpc) is 3.08. The third-order valence-corrected chi connectivity index (χ3v) is 5.91. The SMILES string of the molecule is CC(C)CNS(=O)(=O)Cc1ccc(Cc2ccc(C3=NCCN3N)cc2)cc1.Cl. The molecule has 0 saturated heterocycles. The highest BCUT2D eigenvalue weighted by atomic mass is 35.5. The smallest absolute Gasteiger partial charge is 0.215 e. The Bertz CT molecular complexity index is 926. The molecule has 1 aliphatic heterocycles. The molecule has 0 radical (unpaired) electrons. The van der Waals surface area contributed by atoms with Gasteiger partial charge in [0.1, 0.15) is 5.84 Å². The number of benzene rings is 2. The number of sulfonamides is 1. The fourth-order valence-electron chi connectivity index (χ4n) is 3.04. The van der Waals surface area contributed by atoms with E-state index in [1.165, 1.54) is 5.56 Å². The van der Waals surface area contributed by atoms with Gasteiger partial charge < -0.3 is 0 Å². The Hall–Kier alpha value is -1.93. The maximum absolute atomic E-state index is 12.1. The number of nitrogens with one attached hydrogen (secondary N) is 1. The summed E-state index contributed by atoms with van der Waals surface area (Å²) in [6, 6.07) is 16.0. The van der Waals surface area contributed by atoms with Crippen molar-refractivity contribution in [1.82, 2.24) is 9.73 Å². The van der Waals surface area contributed by atoms with Crippen LogP contribution in [0.25, 0.3) is 0 Å². The third kappa shape index (κ3) is 6.82. The molecule has 8 heteroatoms. The first kappa shape index (κ1) is 23.3. The Kier molecular flexibility index (Phi) is 8.22. The molecule has 0 spiro atoms. The molecule has 6 nitrogen and oxygen atoms in total. The Labute approximate surface area is 179 Å². The van der Waals surface area contributed by atoms with E-state index in [2.05, 4.69) is 21.8 Å². The lowest BCUT2D eigenvalue weighted by molar-refractivity contribution is 0.484. The second kappa shape index (κ2) is 10.2. The molecule has 158 valence electrons. The van der Waals surface area contributed by atoms with Crippen LogP contribution in [0.4, 0.5) is 0 Å². The molecule has 1 heterocycles. The monoisotopic (exact) mass is 436 g/mol. The average molecular weight is 437 g/mol. The maximum Gasteiger partial charge on any atom is 0.215 e. The second-order valence-electron chi connectivity index (χ2n) is 7.59. The first-order valence-electron chi connectivity index (χ1n) is 9.53. The lowest BCUT2D eigenvalue weighted by Crippen LogP contribution is -2.34. The largest absolute Gasteiger partial charge is 0.293 e. The van der Waals surface area contributed by atoms with Crippen molar-refractivity contribution in [3.63, 3.8) is 0 Å². The predicted molar refractivity (Wildman–Crippen MR) is 121 cm³/mol. The lowest BCUT2D eigenvalue weighted by Gasteiger charge is -2.13. The molecule has 0 fully saturated rings. The van der Waals surface area contributed by atoms with Crippen LogP contribution >= 0.6 is 12.4 Å². The molecule has 0 unspecified atom stereocenters. The topological polar surface area (TPSA) is 87.8 Å². The van der Waals surface area contributed by atoms with Gasteiger partial charge in [0, 0.05) is 12.1 Å². The van der Waals surface area contributed by atoms with E-state index in [1.54, 1.807) is 5.01 Å². The summed E-state index contributed by atoms with van der Waals surface area (Å²) in [5.41, 5.74) is 4.14. The van der Waals surface area contributed by atoms with E-state index in [1.807, 2.05) is 50.2 Å². The molecular weight excluding hydrogens is 408 g/mol. The third-order valence-electron chi connectivity index (χ3n) is 4.59. The standard InChI is InChI=1S/C21H28N4O2S.ClH/c1-16(2)14-24-28(26,27)15-19-5-3-17(4-6-19)13-18-7-9-20(10-8-18)21-23-11-12-25(21)22;/h3-10,16,24H,11-15,22H2,1-2H3;1H. The van der Waals surface area contributed by atoms with Gasteiger partial charge in [0.2, 0.25) is 10.0 Å².